The molecule has 1 rings (SSSR count). The lowest BCUT2D eigenvalue weighted by molar-refractivity contribution is -0.120. The molecule has 0 spiro atoms. The first-order valence-corrected chi connectivity index (χ1v) is 8.58. The average molecular weight is 340 g/mol. The molecule has 0 radical (unpaired) electrons. The number of nitrogens with one attached hydrogen (secondary N) is 1. The monoisotopic (exact) mass is 340 g/mol. The molecule has 2 amide bonds. The minimum Gasteiger partial charge on any atom is -0.484 e. The Morgan fingerprint density at radius 2 is 2.13 bits per heavy atom. The third-order valence-corrected chi connectivity index (χ3v) is 5.00. The van der Waals surface area contributed by atoms with Crippen molar-refractivity contribution in [2.45, 2.75) is 17.9 Å². The second kappa shape index (κ2) is 8.33. The number of carbonyl (C=O) groups excluding carboxylic acids is 2. The number of primary amides is 1. The third-order valence-electron chi connectivity index (χ3n) is 2.98. The molecule has 7 nitrogen and oxygen atoms in total. The molecule has 0 saturated heterocycles. The lowest BCUT2D eigenvalue weighted by atomic mass is 10.2. The first-order chi connectivity index (χ1) is 10.8. The van der Waals surface area contributed by atoms with Crippen LogP contribution >= 0.6 is 0 Å². The fourth-order valence-electron chi connectivity index (χ4n) is 1.72. The maximum absolute atomic E-state index is 12.3. The van der Waals surface area contributed by atoms with Crippen LogP contribution in [0.25, 0.3) is 0 Å². The van der Waals surface area contributed by atoms with Gasteiger partial charge in [0.25, 0.3) is 5.91 Å². The first kappa shape index (κ1) is 18.7. The van der Waals surface area contributed by atoms with Crippen LogP contribution in [0.2, 0.25) is 0 Å². The van der Waals surface area contributed by atoms with E-state index in [9.17, 15) is 18.0 Å². The highest BCUT2D eigenvalue weighted by Gasteiger charge is 2.27. The molecule has 1 aromatic rings. The summed E-state index contributed by atoms with van der Waals surface area (Å²) in [5, 5.41) is 1.27. The van der Waals surface area contributed by atoms with Gasteiger partial charge >= 0.3 is 0 Å². The van der Waals surface area contributed by atoms with Crippen LogP contribution in [0, 0.1) is 0 Å². The first-order valence-electron chi connectivity index (χ1n) is 6.86. The molecule has 0 aliphatic rings. The largest absolute Gasteiger partial charge is 0.484 e. The van der Waals surface area contributed by atoms with Crippen LogP contribution < -0.4 is 15.8 Å². The molecule has 126 valence electrons. The molecule has 8 heteroatoms. The van der Waals surface area contributed by atoms with Gasteiger partial charge in [-0.05, 0) is 24.6 Å². The van der Waals surface area contributed by atoms with Crippen LogP contribution in [-0.4, -0.2) is 38.6 Å². The zero-order valence-corrected chi connectivity index (χ0v) is 13.6. The SMILES string of the molecule is C=CCNC(=O)C(C)S(=O)(=O)Cc1cccc(OCC(N)=O)c1. The topological polar surface area (TPSA) is 116 Å². The number of hydrogen-bond donors (Lipinski definition) is 2. The van der Waals surface area contributed by atoms with Crippen LogP contribution in [0.1, 0.15) is 12.5 Å². The Morgan fingerprint density at radius 1 is 1.43 bits per heavy atom. The number of amides is 2. The van der Waals surface area contributed by atoms with Crippen LogP contribution in [0.3, 0.4) is 0 Å². The van der Waals surface area contributed by atoms with E-state index in [4.69, 9.17) is 10.5 Å². The molecule has 0 aliphatic heterocycles. The van der Waals surface area contributed by atoms with Gasteiger partial charge in [0.1, 0.15) is 11.0 Å². The summed E-state index contributed by atoms with van der Waals surface area (Å²) >= 11 is 0. The van der Waals surface area contributed by atoms with Crippen molar-refractivity contribution in [3.05, 3.63) is 42.5 Å². The van der Waals surface area contributed by atoms with Gasteiger partial charge in [-0.15, -0.1) is 6.58 Å². The average Bonchev–Trinajstić information content (AvgIpc) is 2.49. The maximum atomic E-state index is 12.3. The van der Waals surface area contributed by atoms with Crippen LogP contribution in [-0.2, 0) is 25.2 Å². The summed E-state index contributed by atoms with van der Waals surface area (Å²) in [6.07, 6.45) is 1.47. The number of rotatable bonds is 9. The smallest absolute Gasteiger partial charge is 0.255 e. The minimum absolute atomic E-state index is 0.204. The molecule has 0 saturated carbocycles. The van der Waals surface area contributed by atoms with Crippen molar-refractivity contribution in [2.24, 2.45) is 5.73 Å². The number of ether oxygens (including phenoxy) is 1. The molecule has 1 atom stereocenters. The molecular weight excluding hydrogens is 320 g/mol. The fraction of sp³-hybridized carbons (Fsp3) is 0.333. The molecule has 0 bridgehead atoms. The molecular formula is C15H20N2O5S. The second-order valence-electron chi connectivity index (χ2n) is 4.89. The van der Waals surface area contributed by atoms with Crippen molar-refractivity contribution in [3.63, 3.8) is 0 Å². The highest BCUT2D eigenvalue weighted by Crippen LogP contribution is 2.17. The molecule has 1 unspecified atom stereocenters. The van der Waals surface area contributed by atoms with Crippen molar-refractivity contribution in [2.75, 3.05) is 13.2 Å². The van der Waals surface area contributed by atoms with Gasteiger partial charge in [-0.1, -0.05) is 18.2 Å². The summed E-state index contributed by atoms with van der Waals surface area (Å²) in [4.78, 5) is 22.5. The van der Waals surface area contributed by atoms with Gasteiger partial charge in [0.05, 0.1) is 5.75 Å². The summed E-state index contributed by atoms with van der Waals surface area (Å²) in [5.74, 6) is -1.19. The van der Waals surface area contributed by atoms with Crippen molar-refractivity contribution < 1.29 is 22.7 Å². The Labute approximate surface area is 135 Å². The third kappa shape index (κ3) is 6.11. The van der Waals surface area contributed by atoms with Crippen molar-refractivity contribution >= 4 is 21.7 Å². The highest BCUT2D eigenvalue weighted by molar-refractivity contribution is 7.92. The normalized spacial score (nSPS) is 12.2. The molecule has 0 heterocycles. The summed E-state index contributed by atoms with van der Waals surface area (Å²) in [5.41, 5.74) is 5.44. The molecule has 0 aliphatic carbocycles. The Kier molecular flexibility index (Phi) is 6.77. The Hall–Kier alpha value is -2.35. The molecule has 0 aromatic heterocycles. The Bertz CT molecular complexity index is 685. The molecule has 3 N–H and O–H groups in total. The molecule has 23 heavy (non-hydrogen) atoms. The summed E-state index contributed by atoms with van der Waals surface area (Å²) in [7, 11) is -3.68. The molecule has 1 aromatic carbocycles. The maximum Gasteiger partial charge on any atom is 0.255 e. The summed E-state index contributed by atoms with van der Waals surface area (Å²) < 4.78 is 29.7. The Balaban J connectivity index is 2.80. The second-order valence-corrected chi connectivity index (χ2v) is 7.21. The summed E-state index contributed by atoms with van der Waals surface area (Å²) in [6.45, 7) is 4.69. The van der Waals surface area contributed by atoms with E-state index in [1.54, 1.807) is 18.2 Å². The lowest BCUT2D eigenvalue weighted by Crippen LogP contribution is -2.38. The van der Waals surface area contributed by atoms with Crippen LogP contribution in [0.4, 0.5) is 0 Å². The van der Waals surface area contributed by atoms with Crippen molar-refractivity contribution in [1.29, 1.82) is 0 Å². The molecule has 0 fully saturated rings. The number of benzene rings is 1. The van der Waals surface area contributed by atoms with Gasteiger partial charge in [0.2, 0.25) is 5.91 Å². The van der Waals surface area contributed by atoms with Crippen LogP contribution in [0.5, 0.6) is 5.75 Å². The van der Waals surface area contributed by atoms with Gasteiger partial charge in [0.15, 0.2) is 16.4 Å². The number of nitrogens with two attached hydrogens (primary N) is 1. The standard InChI is InChI=1S/C15H20N2O5S/c1-3-7-17-15(19)11(2)23(20,21)10-12-5-4-6-13(8-12)22-9-14(16)18/h3-6,8,11H,1,7,9-10H2,2H3,(H2,16,18)(H,17,19). The number of sulfone groups is 1. The van der Waals surface area contributed by atoms with E-state index in [-0.39, 0.29) is 18.9 Å². The number of carbonyl (C=O) groups is 2. The predicted molar refractivity (Wildman–Crippen MR) is 86.4 cm³/mol. The van der Waals surface area contributed by atoms with Gasteiger partial charge in [-0.3, -0.25) is 9.59 Å². The van der Waals surface area contributed by atoms with E-state index in [1.807, 2.05) is 0 Å². The van der Waals surface area contributed by atoms with E-state index < -0.39 is 26.9 Å². The Morgan fingerprint density at radius 3 is 2.74 bits per heavy atom. The van der Waals surface area contributed by atoms with Gasteiger partial charge in [-0.2, -0.15) is 0 Å². The van der Waals surface area contributed by atoms with E-state index in [0.29, 0.717) is 11.3 Å². The number of hydrogen-bond acceptors (Lipinski definition) is 5. The fourth-order valence-corrected chi connectivity index (χ4v) is 3.02. The van der Waals surface area contributed by atoms with Gasteiger partial charge < -0.3 is 15.8 Å². The van der Waals surface area contributed by atoms with E-state index >= 15 is 0 Å². The van der Waals surface area contributed by atoms with Crippen LogP contribution in [0.15, 0.2) is 36.9 Å². The van der Waals surface area contributed by atoms with Gasteiger partial charge in [0, 0.05) is 6.54 Å². The van der Waals surface area contributed by atoms with E-state index in [0.717, 1.165) is 0 Å². The zero-order chi connectivity index (χ0) is 17.5. The van der Waals surface area contributed by atoms with Crippen molar-refractivity contribution in [1.82, 2.24) is 5.32 Å². The lowest BCUT2D eigenvalue weighted by Gasteiger charge is -2.13. The zero-order valence-electron chi connectivity index (χ0n) is 12.8. The van der Waals surface area contributed by atoms with Gasteiger partial charge in [-0.25, -0.2) is 8.42 Å². The predicted octanol–water partition coefficient (Wildman–Crippen LogP) is 0.156. The van der Waals surface area contributed by atoms with Crippen molar-refractivity contribution in [3.8, 4) is 5.75 Å². The van der Waals surface area contributed by atoms with E-state index in [2.05, 4.69) is 11.9 Å². The highest BCUT2D eigenvalue weighted by atomic mass is 32.2. The van der Waals surface area contributed by atoms with E-state index in [1.165, 1.54) is 19.1 Å². The minimum atomic E-state index is -3.68. The quantitative estimate of drug-likeness (QED) is 0.621. The summed E-state index contributed by atoms with van der Waals surface area (Å²) in [6, 6.07) is 6.28.